The number of hydrogen-bond acceptors (Lipinski definition) is 1. The molecule has 4 rings (SSSR count). The highest BCUT2D eigenvalue weighted by molar-refractivity contribution is 6.30. The van der Waals surface area contributed by atoms with Crippen molar-refractivity contribution in [3.63, 3.8) is 0 Å². The van der Waals surface area contributed by atoms with Gasteiger partial charge in [-0.15, -0.1) is 0 Å². The number of carbonyl (C=O) groups excluding carboxylic acids is 1. The minimum atomic E-state index is 0.0554. The Morgan fingerprint density at radius 1 is 0.692 bits per heavy atom. The van der Waals surface area contributed by atoms with Crippen LogP contribution in [0.4, 0.5) is 0 Å². The summed E-state index contributed by atoms with van der Waals surface area (Å²) in [6.45, 7) is 0. The summed E-state index contributed by atoms with van der Waals surface area (Å²) >= 11 is 5.99. The van der Waals surface area contributed by atoms with E-state index in [-0.39, 0.29) is 5.78 Å². The highest BCUT2D eigenvalue weighted by Crippen LogP contribution is 2.27. The van der Waals surface area contributed by atoms with E-state index >= 15 is 0 Å². The standard InChI is InChI=1S/C24H17ClO/c25-20-13-10-17(11-14-20)16-19-12-15-23(22-9-5-4-8-21(19)22)24(26)18-6-2-1-3-7-18/h1-15H,16H2. The van der Waals surface area contributed by atoms with Gasteiger partial charge in [0.05, 0.1) is 0 Å². The third-order valence-electron chi connectivity index (χ3n) is 4.60. The Balaban J connectivity index is 1.78. The van der Waals surface area contributed by atoms with Crippen LogP contribution in [-0.4, -0.2) is 5.78 Å². The van der Waals surface area contributed by atoms with Gasteiger partial charge in [0.1, 0.15) is 0 Å². The summed E-state index contributed by atoms with van der Waals surface area (Å²) in [6, 6.07) is 29.4. The quantitative estimate of drug-likeness (QED) is 0.391. The molecular formula is C24H17ClO. The topological polar surface area (TPSA) is 17.1 Å². The number of hydrogen-bond donors (Lipinski definition) is 0. The molecule has 4 aromatic carbocycles. The smallest absolute Gasteiger partial charge is 0.193 e. The lowest BCUT2D eigenvalue weighted by Gasteiger charge is -2.11. The van der Waals surface area contributed by atoms with E-state index in [0.717, 1.165) is 27.8 Å². The second-order valence-electron chi connectivity index (χ2n) is 6.32. The van der Waals surface area contributed by atoms with E-state index in [1.807, 2.05) is 78.9 Å². The second-order valence-corrected chi connectivity index (χ2v) is 6.75. The number of rotatable bonds is 4. The average Bonchev–Trinajstić information content (AvgIpc) is 2.70. The predicted octanol–water partition coefficient (Wildman–Crippen LogP) is 6.32. The van der Waals surface area contributed by atoms with Gasteiger partial charge in [-0.25, -0.2) is 0 Å². The minimum Gasteiger partial charge on any atom is -0.289 e. The summed E-state index contributed by atoms with van der Waals surface area (Å²) < 4.78 is 0. The molecule has 26 heavy (non-hydrogen) atoms. The second kappa shape index (κ2) is 7.15. The Morgan fingerprint density at radius 3 is 2.08 bits per heavy atom. The Bertz CT molecular complexity index is 1070. The van der Waals surface area contributed by atoms with Crippen molar-refractivity contribution in [2.45, 2.75) is 6.42 Å². The largest absolute Gasteiger partial charge is 0.289 e. The van der Waals surface area contributed by atoms with Gasteiger partial charge in [0.25, 0.3) is 0 Å². The Kier molecular flexibility index (Phi) is 4.55. The van der Waals surface area contributed by atoms with Gasteiger partial charge in [-0.1, -0.05) is 90.5 Å². The van der Waals surface area contributed by atoms with Gasteiger partial charge in [-0.2, -0.15) is 0 Å². The Labute approximate surface area is 157 Å². The molecule has 0 radical (unpaired) electrons. The van der Waals surface area contributed by atoms with Crippen LogP contribution >= 0.6 is 11.6 Å². The van der Waals surface area contributed by atoms with Crippen LogP contribution in [0.2, 0.25) is 5.02 Å². The first-order valence-electron chi connectivity index (χ1n) is 8.57. The van der Waals surface area contributed by atoms with Crippen LogP contribution in [0.3, 0.4) is 0 Å². The van der Waals surface area contributed by atoms with Crippen LogP contribution in [0.5, 0.6) is 0 Å². The molecule has 126 valence electrons. The number of ketones is 1. The maximum absolute atomic E-state index is 13.0. The normalized spacial score (nSPS) is 10.8. The van der Waals surface area contributed by atoms with E-state index in [1.165, 1.54) is 11.1 Å². The van der Waals surface area contributed by atoms with Gasteiger partial charge in [0.15, 0.2) is 5.78 Å². The number of carbonyl (C=O) groups is 1. The van der Waals surface area contributed by atoms with Crippen molar-refractivity contribution in [2.75, 3.05) is 0 Å². The summed E-state index contributed by atoms with van der Waals surface area (Å²) in [5.74, 6) is 0.0554. The van der Waals surface area contributed by atoms with Gasteiger partial charge in [0, 0.05) is 16.1 Å². The lowest BCUT2D eigenvalue weighted by molar-refractivity contribution is 0.104. The molecule has 0 N–H and O–H groups in total. The molecule has 0 aliphatic carbocycles. The van der Waals surface area contributed by atoms with E-state index in [2.05, 4.69) is 12.1 Å². The van der Waals surface area contributed by atoms with Crippen molar-refractivity contribution in [3.8, 4) is 0 Å². The summed E-state index contributed by atoms with van der Waals surface area (Å²) in [6.07, 6.45) is 0.803. The monoisotopic (exact) mass is 356 g/mol. The van der Waals surface area contributed by atoms with E-state index in [0.29, 0.717) is 5.56 Å². The van der Waals surface area contributed by atoms with Crippen molar-refractivity contribution < 1.29 is 4.79 Å². The van der Waals surface area contributed by atoms with Gasteiger partial charge in [-0.3, -0.25) is 4.79 Å². The number of halogens is 1. The van der Waals surface area contributed by atoms with Gasteiger partial charge in [-0.05, 0) is 40.5 Å². The molecule has 0 amide bonds. The first-order chi connectivity index (χ1) is 12.7. The SMILES string of the molecule is O=C(c1ccccc1)c1ccc(Cc2ccc(Cl)cc2)c2ccccc12. The lowest BCUT2D eigenvalue weighted by atomic mass is 9.92. The van der Waals surface area contributed by atoms with Crippen LogP contribution < -0.4 is 0 Å². The zero-order valence-electron chi connectivity index (χ0n) is 14.2. The molecule has 4 aromatic rings. The zero-order chi connectivity index (χ0) is 17.9. The third kappa shape index (κ3) is 3.26. The van der Waals surface area contributed by atoms with Gasteiger partial charge in [0.2, 0.25) is 0 Å². The molecule has 0 spiro atoms. The molecule has 0 fully saturated rings. The molecule has 0 bridgehead atoms. The van der Waals surface area contributed by atoms with Crippen molar-refractivity contribution in [1.82, 2.24) is 0 Å². The number of benzene rings is 4. The van der Waals surface area contributed by atoms with Crippen molar-refractivity contribution in [1.29, 1.82) is 0 Å². The molecule has 0 aliphatic rings. The first-order valence-corrected chi connectivity index (χ1v) is 8.95. The fourth-order valence-electron chi connectivity index (χ4n) is 3.28. The highest BCUT2D eigenvalue weighted by atomic mass is 35.5. The van der Waals surface area contributed by atoms with E-state index in [1.54, 1.807) is 0 Å². The molecule has 0 atom stereocenters. The fraction of sp³-hybridized carbons (Fsp3) is 0.0417. The van der Waals surface area contributed by atoms with Crippen molar-refractivity contribution in [2.24, 2.45) is 0 Å². The van der Waals surface area contributed by atoms with Crippen LogP contribution in [-0.2, 0) is 6.42 Å². The van der Waals surface area contributed by atoms with Gasteiger partial charge >= 0.3 is 0 Å². The third-order valence-corrected chi connectivity index (χ3v) is 4.85. The molecule has 1 nitrogen and oxygen atoms in total. The molecule has 0 aliphatic heterocycles. The molecule has 0 saturated carbocycles. The van der Waals surface area contributed by atoms with Crippen LogP contribution in [0.25, 0.3) is 10.8 Å². The molecule has 0 saturated heterocycles. The zero-order valence-corrected chi connectivity index (χ0v) is 14.9. The molecule has 0 aromatic heterocycles. The first kappa shape index (κ1) is 16.6. The van der Waals surface area contributed by atoms with Crippen LogP contribution in [0.1, 0.15) is 27.0 Å². The van der Waals surface area contributed by atoms with E-state index in [4.69, 9.17) is 11.6 Å². The molecule has 0 unspecified atom stereocenters. The van der Waals surface area contributed by atoms with E-state index < -0.39 is 0 Å². The molecular weight excluding hydrogens is 340 g/mol. The average molecular weight is 357 g/mol. The summed E-state index contributed by atoms with van der Waals surface area (Å²) in [7, 11) is 0. The summed E-state index contributed by atoms with van der Waals surface area (Å²) in [5.41, 5.74) is 3.85. The van der Waals surface area contributed by atoms with E-state index in [9.17, 15) is 4.79 Å². The Hall–Kier alpha value is -2.90. The Morgan fingerprint density at radius 2 is 1.35 bits per heavy atom. The predicted molar refractivity (Wildman–Crippen MR) is 108 cm³/mol. The lowest BCUT2D eigenvalue weighted by Crippen LogP contribution is -2.03. The minimum absolute atomic E-state index is 0.0554. The maximum atomic E-state index is 13.0. The van der Waals surface area contributed by atoms with Crippen LogP contribution in [0, 0.1) is 0 Å². The summed E-state index contributed by atoms with van der Waals surface area (Å²) in [4.78, 5) is 13.0. The highest BCUT2D eigenvalue weighted by Gasteiger charge is 2.14. The number of fused-ring (bicyclic) bond motifs is 1. The summed E-state index contributed by atoms with van der Waals surface area (Å²) in [5, 5.41) is 2.85. The van der Waals surface area contributed by atoms with Crippen molar-refractivity contribution >= 4 is 28.2 Å². The molecule has 0 heterocycles. The van der Waals surface area contributed by atoms with Gasteiger partial charge < -0.3 is 0 Å². The maximum Gasteiger partial charge on any atom is 0.193 e. The molecule has 2 heteroatoms. The van der Waals surface area contributed by atoms with Crippen molar-refractivity contribution in [3.05, 3.63) is 118 Å². The fourth-order valence-corrected chi connectivity index (χ4v) is 3.41. The van der Waals surface area contributed by atoms with Crippen LogP contribution in [0.15, 0.2) is 91.0 Å².